The third-order valence-corrected chi connectivity index (χ3v) is 9.94. The predicted molar refractivity (Wildman–Crippen MR) is 213 cm³/mol. The second kappa shape index (κ2) is 15.0. The van der Waals surface area contributed by atoms with Crippen molar-refractivity contribution in [3.05, 3.63) is 131 Å². The molecule has 1 aliphatic rings. The molecule has 0 unspecified atom stereocenters. The first-order chi connectivity index (χ1) is 24.4. The number of pyridine rings is 1. The van der Waals surface area contributed by atoms with Crippen LogP contribution in [0.2, 0.25) is 0 Å². The van der Waals surface area contributed by atoms with Crippen LogP contribution in [0.15, 0.2) is 79.3 Å². The summed E-state index contributed by atoms with van der Waals surface area (Å²) < 4.78 is 9.10. The summed E-state index contributed by atoms with van der Waals surface area (Å²) >= 11 is 0. The minimum Gasteiger partial charge on any atom is -0.510 e. The number of hydrogen-bond donors (Lipinski definition) is 0. The Hall–Kier alpha value is -4.34. The summed E-state index contributed by atoms with van der Waals surface area (Å²) in [7, 11) is 2.03. The Morgan fingerprint density at radius 1 is 0.808 bits per heavy atom. The second-order valence-electron chi connectivity index (χ2n) is 15.2. The molecule has 1 aliphatic heterocycles. The van der Waals surface area contributed by atoms with Crippen LogP contribution in [-0.4, -0.2) is 21.5 Å². The Morgan fingerprint density at radius 2 is 1.54 bits per heavy atom. The van der Waals surface area contributed by atoms with Crippen molar-refractivity contribution in [1.29, 1.82) is 0 Å². The van der Waals surface area contributed by atoms with Crippen molar-refractivity contribution in [2.24, 2.45) is 0 Å². The van der Waals surface area contributed by atoms with Crippen LogP contribution in [0.25, 0.3) is 38.8 Å². The zero-order valence-corrected chi connectivity index (χ0v) is 34.2. The van der Waals surface area contributed by atoms with Gasteiger partial charge in [0.15, 0.2) is 0 Å². The summed E-state index contributed by atoms with van der Waals surface area (Å²) in [5.41, 5.74) is 13.2. The molecule has 3 heterocycles. The normalized spacial score (nSPS) is 13.0. The van der Waals surface area contributed by atoms with Gasteiger partial charge in [-0.15, -0.1) is 47.0 Å². The van der Waals surface area contributed by atoms with Crippen LogP contribution in [0.3, 0.4) is 0 Å². The zero-order valence-electron chi connectivity index (χ0n) is 31.9. The van der Waals surface area contributed by atoms with Crippen LogP contribution in [0.5, 0.6) is 11.5 Å². The molecule has 0 N–H and O–H groups in total. The SMILES string of the molecule is CCCc1ccc2c3ccc(Oc4[c-]c(N5C=CN(C)[CH-]5)cc(-c5c(C)cc(C)cc5C)c4)[c-]c3n(-c3cc(C(C)(C)C)ccn3)c2c1CCC.[Pt]. The Balaban J connectivity index is 0.00000464. The minimum absolute atomic E-state index is 0. The van der Waals surface area contributed by atoms with Crippen LogP contribution in [0.4, 0.5) is 5.69 Å². The van der Waals surface area contributed by atoms with Gasteiger partial charge in [-0.3, -0.25) is 0 Å². The van der Waals surface area contributed by atoms with Gasteiger partial charge in [0.05, 0.1) is 0 Å². The average Bonchev–Trinajstić information content (AvgIpc) is 3.66. The molecule has 0 radical (unpaired) electrons. The maximum Gasteiger partial charge on any atom is 0.135 e. The van der Waals surface area contributed by atoms with Crippen molar-refractivity contribution in [1.82, 2.24) is 14.5 Å². The van der Waals surface area contributed by atoms with Crippen LogP contribution in [-0.2, 0) is 39.3 Å². The fourth-order valence-electron chi connectivity index (χ4n) is 7.66. The van der Waals surface area contributed by atoms with E-state index in [9.17, 15) is 0 Å². The first-order valence-corrected chi connectivity index (χ1v) is 18.3. The number of anilines is 1. The first-order valence-electron chi connectivity index (χ1n) is 18.3. The van der Waals surface area contributed by atoms with Gasteiger partial charge in [0, 0.05) is 44.3 Å². The minimum atomic E-state index is -0.0163. The van der Waals surface area contributed by atoms with E-state index in [0.717, 1.165) is 53.7 Å². The molecule has 0 spiro atoms. The zero-order chi connectivity index (χ0) is 36.0. The fourth-order valence-corrected chi connectivity index (χ4v) is 7.66. The quantitative estimate of drug-likeness (QED) is 0.136. The molecule has 2 aromatic heterocycles. The topological polar surface area (TPSA) is 33.5 Å². The number of aromatic nitrogens is 2. The van der Waals surface area contributed by atoms with Crippen LogP contribution in [0, 0.1) is 39.6 Å². The number of rotatable bonds is 9. The molecule has 7 rings (SSSR count). The van der Waals surface area contributed by atoms with E-state index < -0.39 is 0 Å². The molecule has 0 bridgehead atoms. The average molecular weight is 869 g/mol. The Kier molecular flexibility index (Phi) is 10.8. The third kappa shape index (κ3) is 7.17. The van der Waals surface area contributed by atoms with Gasteiger partial charge in [-0.25, -0.2) is 4.98 Å². The summed E-state index contributed by atoms with van der Waals surface area (Å²) in [6, 6.07) is 29.3. The molecule has 0 saturated heterocycles. The first kappa shape index (κ1) is 37.4. The largest absolute Gasteiger partial charge is 0.510 e. The van der Waals surface area contributed by atoms with Crippen LogP contribution >= 0.6 is 0 Å². The molecule has 6 heteroatoms. The van der Waals surface area contributed by atoms with E-state index in [-0.39, 0.29) is 26.5 Å². The van der Waals surface area contributed by atoms with Crippen LogP contribution in [0.1, 0.15) is 80.8 Å². The van der Waals surface area contributed by atoms with E-state index >= 15 is 0 Å². The van der Waals surface area contributed by atoms with E-state index in [4.69, 9.17) is 9.72 Å². The molecule has 6 aromatic rings. The van der Waals surface area contributed by atoms with E-state index in [1.54, 1.807) is 0 Å². The maximum absolute atomic E-state index is 6.76. The van der Waals surface area contributed by atoms with Crippen molar-refractivity contribution < 1.29 is 25.8 Å². The van der Waals surface area contributed by atoms with Crippen molar-refractivity contribution >= 4 is 27.5 Å². The van der Waals surface area contributed by atoms with Gasteiger partial charge in [-0.1, -0.05) is 82.8 Å². The third-order valence-electron chi connectivity index (χ3n) is 9.94. The molecule has 0 fully saturated rings. The molecular formula is C46H49N4OPt-3. The molecule has 272 valence electrons. The molecule has 52 heavy (non-hydrogen) atoms. The second-order valence-corrected chi connectivity index (χ2v) is 15.2. The predicted octanol–water partition coefficient (Wildman–Crippen LogP) is 11.7. The number of hydrogen-bond acceptors (Lipinski definition) is 4. The van der Waals surface area contributed by atoms with E-state index in [0.29, 0.717) is 11.5 Å². The fraction of sp³-hybridized carbons (Fsp3) is 0.304. The summed E-state index contributed by atoms with van der Waals surface area (Å²) in [6.07, 6.45) is 10.2. The number of benzene rings is 4. The Bertz CT molecular complexity index is 2270. The van der Waals surface area contributed by atoms with Crippen molar-refractivity contribution in [2.45, 2.75) is 86.5 Å². The van der Waals surface area contributed by atoms with Gasteiger partial charge in [0.1, 0.15) is 5.82 Å². The molecule has 4 aromatic carbocycles. The van der Waals surface area contributed by atoms with Crippen LogP contribution < -0.4 is 9.64 Å². The van der Waals surface area contributed by atoms with Gasteiger partial charge in [0.2, 0.25) is 0 Å². The number of aryl methyl sites for hydroxylation is 5. The summed E-state index contributed by atoms with van der Waals surface area (Å²) in [5, 5.41) is 2.37. The van der Waals surface area contributed by atoms with Gasteiger partial charge >= 0.3 is 0 Å². The van der Waals surface area contributed by atoms with Gasteiger partial charge in [-0.05, 0) is 109 Å². The number of nitrogens with zero attached hydrogens (tertiary/aromatic N) is 4. The molecule has 0 saturated carbocycles. The van der Waals surface area contributed by atoms with Gasteiger partial charge in [-0.2, -0.15) is 12.7 Å². The Labute approximate surface area is 324 Å². The summed E-state index contributed by atoms with van der Waals surface area (Å²) in [5.74, 6) is 2.18. The monoisotopic (exact) mass is 868 g/mol. The molecule has 0 atom stereocenters. The standard InChI is InChI=1S/C46H49N4O.Pt/c1-10-12-33-14-16-41-40-17-15-37(28-42(40)50(45(41)39(33)13-11-2)43-26-35(18-19-47-43)46(6,7)8)51-38-25-34(44-31(4)22-30(3)23-32(44)5)24-36(27-38)49-21-20-48(9)29-49;/h14-26,29H,10-13H2,1-9H3;/q-3;. The van der Waals surface area contributed by atoms with E-state index in [1.165, 1.54) is 49.8 Å². The molecule has 5 nitrogen and oxygen atoms in total. The van der Waals surface area contributed by atoms with Crippen molar-refractivity contribution in [3.63, 3.8) is 0 Å². The summed E-state index contributed by atoms with van der Waals surface area (Å²) in [6.45, 7) is 19.9. The smallest absolute Gasteiger partial charge is 0.135 e. The van der Waals surface area contributed by atoms with E-state index in [2.05, 4.69) is 132 Å². The molecular weight excluding hydrogens is 820 g/mol. The molecule has 0 aliphatic carbocycles. The number of fused-ring (bicyclic) bond motifs is 3. The van der Waals surface area contributed by atoms with E-state index in [1.807, 2.05) is 43.3 Å². The Morgan fingerprint density at radius 3 is 2.21 bits per heavy atom. The maximum atomic E-state index is 6.76. The summed E-state index contributed by atoms with van der Waals surface area (Å²) in [4.78, 5) is 9.11. The number of ether oxygens (including phenoxy) is 1. The van der Waals surface area contributed by atoms with Crippen molar-refractivity contribution in [2.75, 3.05) is 11.9 Å². The molecule has 0 amide bonds. The van der Waals surface area contributed by atoms with Crippen molar-refractivity contribution in [3.8, 4) is 28.4 Å². The van der Waals surface area contributed by atoms with Gasteiger partial charge in [0.25, 0.3) is 0 Å². The van der Waals surface area contributed by atoms with Gasteiger partial charge < -0.3 is 19.1 Å².